The van der Waals surface area contributed by atoms with Gasteiger partial charge in [0.2, 0.25) is 0 Å². The minimum atomic E-state index is -0.539. The first-order chi connectivity index (χ1) is 6.15. The maximum Gasteiger partial charge on any atom is 0.290 e. The molecule has 13 heavy (non-hydrogen) atoms. The minimum Gasteiger partial charge on any atom is -0.258 e. The smallest absolute Gasteiger partial charge is 0.258 e. The highest BCUT2D eigenvalue weighted by Crippen LogP contribution is 2.19. The van der Waals surface area contributed by atoms with Crippen LogP contribution in [0.15, 0.2) is 17.2 Å². The van der Waals surface area contributed by atoms with Crippen LogP contribution < -0.4 is 0 Å². The summed E-state index contributed by atoms with van der Waals surface area (Å²) in [6.07, 6.45) is 0. The molecule has 0 saturated heterocycles. The van der Waals surface area contributed by atoms with Gasteiger partial charge in [0, 0.05) is 11.0 Å². The predicted octanol–water partition coefficient (Wildman–Crippen LogP) is 2.24. The molecule has 0 aliphatic carbocycles. The summed E-state index contributed by atoms with van der Waals surface area (Å²) >= 11 is 0. The highest BCUT2D eigenvalue weighted by Gasteiger charge is 2.10. The molecule has 0 amide bonds. The van der Waals surface area contributed by atoms with Crippen LogP contribution in [0.1, 0.15) is 5.69 Å². The zero-order valence-electron chi connectivity index (χ0n) is 6.71. The van der Waals surface area contributed by atoms with Crippen molar-refractivity contribution in [2.45, 2.75) is 6.92 Å². The lowest BCUT2D eigenvalue weighted by molar-refractivity contribution is -0.385. The van der Waals surface area contributed by atoms with Crippen molar-refractivity contribution in [3.8, 4) is 0 Å². The standard InChI is InChI=1S/C6H5N5O2/c1-4-5(11(12)13)2-3-6(8-4)9-10-7/h2-3H,1H3. The minimum absolute atomic E-state index is 0.0862. The van der Waals surface area contributed by atoms with Gasteiger partial charge in [-0.25, -0.2) is 4.98 Å². The lowest BCUT2D eigenvalue weighted by Gasteiger charge is -1.95. The number of azide groups is 1. The van der Waals surface area contributed by atoms with Crippen LogP contribution in [0.3, 0.4) is 0 Å². The van der Waals surface area contributed by atoms with Crippen molar-refractivity contribution in [2.75, 3.05) is 0 Å². The van der Waals surface area contributed by atoms with E-state index in [4.69, 9.17) is 5.53 Å². The maximum absolute atomic E-state index is 10.4. The topological polar surface area (TPSA) is 105 Å². The maximum atomic E-state index is 10.4. The molecular weight excluding hydrogens is 174 g/mol. The number of aromatic nitrogens is 1. The van der Waals surface area contributed by atoms with Gasteiger partial charge >= 0.3 is 0 Å². The van der Waals surface area contributed by atoms with Crippen molar-refractivity contribution in [1.82, 2.24) is 4.98 Å². The molecule has 1 aromatic heterocycles. The monoisotopic (exact) mass is 179 g/mol. The number of hydrogen-bond donors (Lipinski definition) is 0. The highest BCUT2D eigenvalue weighted by molar-refractivity contribution is 5.41. The van der Waals surface area contributed by atoms with Crippen LogP contribution in [0, 0.1) is 17.0 Å². The molecule has 0 aliphatic heterocycles. The Morgan fingerprint density at radius 3 is 2.85 bits per heavy atom. The first-order valence-corrected chi connectivity index (χ1v) is 3.32. The van der Waals surface area contributed by atoms with Gasteiger partial charge in [0.25, 0.3) is 5.69 Å². The van der Waals surface area contributed by atoms with E-state index in [2.05, 4.69) is 15.0 Å². The third kappa shape index (κ3) is 1.91. The molecule has 1 rings (SSSR count). The molecule has 0 spiro atoms. The Hall–Kier alpha value is -2.14. The summed E-state index contributed by atoms with van der Waals surface area (Å²) in [7, 11) is 0. The van der Waals surface area contributed by atoms with Crippen molar-refractivity contribution in [2.24, 2.45) is 5.11 Å². The molecule has 0 aliphatic rings. The van der Waals surface area contributed by atoms with Gasteiger partial charge < -0.3 is 0 Å². The number of nitro groups is 1. The molecule has 7 nitrogen and oxygen atoms in total. The summed E-state index contributed by atoms with van der Waals surface area (Å²) in [5.74, 6) is 0.130. The van der Waals surface area contributed by atoms with Crippen LogP contribution in [0.2, 0.25) is 0 Å². The lowest BCUT2D eigenvalue weighted by Crippen LogP contribution is -1.93. The molecule has 0 aromatic carbocycles. The van der Waals surface area contributed by atoms with E-state index in [9.17, 15) is 10.1 Å². The molecule has 0 radical (unpaired) electrons. The summed E-state index contributed by atoms with van der Waals surface area (Å²) in [5.41, 5.74) is 8.22. The number of aryl methyl sites for hydroxylation is 1. The summed E-state index contributed by atoms with van der Waals surface area (Å²) in [5, 5.41) is 13.6. The Balaban J connectivity index is 3.19. The third-order valence-corrected chi connectivity index (χ3v) is 1.39. The zero-order chi connectivity index (χ0) is 9.84. The molecule has 0 bridgehead atoms. The Kier molecular flexibility index (Phi) is 2.41. The Morgan fingerprint density at radius 1 is 1.69 bits per heavy atom. The first-order valence-electron chi connectivity index (χ1n) is 3.32. The second-order valence-electron chi connectivity index (χ2n) is 2.22. The van der Waals surface area contributed by atoms with Gasteiger partial charge in [-0.1, -0.05) is 0 Å². The van der Waals surface area contributed by atoms with E-state index in [-0.39, 0.29) is 17.2 Å². The summed E-state index contributed by atoms with van der Waals surface area (Å²) in [4.78, 5) is 16.0. The second-order valence-corrected chi connectivity index (χ2v) is 2.22. The fraction of sp³-hybridized carbons (Fsp3) is 0.167. The molecular formula is C6H5N5O2. The Labute approximate surface area is 72.8 Å². The van der Waals surface area contributed by atoms with Gasteiger partial charge in [-0.2, -0.15) is 0 Å². The van der Waals surface area contributed by atoms with Crippen LogP contribution in [-0.2, 0) is 0 Å². The average Bonchev–Trinajstić information content (AvgIpc) is 2.04. The fourth-order valence-electron chi connectivity index (χ4n) is 0.835. The van der Waals surface area contributed by atoms with Gasteiger partial charge in [-0.3, -0.25) is 10.1 Å². The van der Waals surface area contributed by atoms with Gasteiger partial charge in [-0.15, -0.1) is 0 Å². The molecule has 0 fully saturated rings. The second kappa shape index (κ2) is 3.51. The molecule has 0 saturated carbocycles. The van der Waals surface area contributed by atoms with Crippen LogP contribution >= 0.6 is 0 Å². The number of rotatable bonds is 2. The Morgan fingerprint density at radius 2 is 2.38 bits per heavy atom. The van der Waals surface area contributed by atoms with E-state index in [0.717, 1.165) is 0 Å². The highest BCUT2D eigenvalue weighted by atomic mass is 16.6. The molecule has 66 valence electrons. The first kappa shape index (κ1) is 8.95. The SMILES string of the molecule is Cc1nc(N=[N+]=[N-])ccc1[N+](=O)[O-]. The molecule has 7 heteroatoms. The molecule has 0 unspecified atom stereocenters. The van der Waals surface area contributed by atoms with Gasteiger partial charge in [0.1, 0.15) is 11.5 Å². The average molecular weight is 179 g/mol. The summed E-state index contributed by atoms with van der Waals surface area (Å²) in [6.45, 7) is 1.48. The number of hydrogen-bond acceptors (Lipinski definition) is 4. The number of nitrogens with zero attached hydrogens (tertiary/aromatic N) is 5. The predicted molar refractivity (Wildman–Crippen MR) is 44.4 cm³/mol. The largest absolute Gasteiger partial charge is 0.290 e. The number of pyridine rings is 1. The van der Waals surface area contributed by atoms with E-state index >= 15 is 0 Å². The zero-order valence-corrected chi connectivity index (χ0v) is 6.71. The van der Waals surface area contributed by atoms with Crippen LogP contribution in [-0.4, -0.2) is 9.91 Å². The summed E-state index contributed by atoms with van der Waals surface area (Å²) < 4.78 is 0. The van der Waals surface area contributed by atoms with Crippen LogP contribution in [0.4, 0.5) is 11.5 Å². The van der Waals surface area contributed by atoms with Crippen molar-refractivity contribution in [3.05, 3.63) is 38.4 Å². The fourth-order valence-corrected chi connectivity index (χ4v) is 0.835. The van der Waals surface area contributed by atoms with Crippen molar-refractivity contribution in [3.63, 3.8) is 0 Å². The Bertz CT molecular complexity index is 396. The normalized spacial score (nSPS) is 9.00. The van der Waals surface area contributed by atoms with Crippen LogP contribution in [0.25, 0.3) is 10.4 Å². The van der Waals surface area contributed by atoms with Crippen molar-refractivity contribution >= 4 is 11.5 Å². The lowest BCUT2D eigenvalue weighted by atomic mass is 10.3. The third-order valence-electron chi connectivity index (χ3n) is 1.39. The van der Waals surface area contributed by atoms with Crippen LogP contribution in [0.5, 0.6) is 0 Å². The van der Waals surface area contributed by atoms with Gasteiger partial charge in [0.15, 0.2) is 0 Å². The van der Waals surface area contributed by atoms with E-state index in [1.807, 2.05) is 0 Å². The summed E-state index contributed by atoms with van der Waals surface area (Å²) in [6, 6.07) is 2.55. The van der Waals surface area contributed by atoms with E-state index < -0.39 is 4.92 Å². The quantitative estimate of drug-likeness (QED) is 0.228. The molecule has 1 aromatic rings. The molecule has 1 heterocycles. The van der Waals surface area contributed by atoms with E-state index in [0.29, 0.717) is 0 Å². The molecule has 0 atom stereocenters. The van der Waals surface area contributed by atoms with Gasteiger partial charge in [0.05, 0.1) is 4.92 Å². The van der Waals surface area contributed by atoms with E-state index in [1.54, 1.807) is 0 Å². The molecule has 0 N–H and O–H groups in total. The van der Waals surface area contributed by atoms with Crippen molar-refractivity contribution < 1.29 is 4.92 Å². The van der Waals surface area contributed by atoms with Crippen molar-refractivity contribution in [1.29, 1.82) is 0 Å². The van der Waals surface area contributed by atoms with E-state index in [1.165, 1.54) is 19.1 Å². The van der Waals surface area contributed by atoms with Gasteiger partial charge in [-0.05, 0) is 23.6 Å².